The molecule has 0 unspecified atom stereocenters. The van der Waals surface area contributed by atoms with Gasteiger partial charge in [0.05, 0.1) is 19.9 Å². The van der Waals surface area contributed by atoms with E-state index in [0.717, 1.165) is 41.3 Å². The van der Waals surface area contributed by atoms with Crippen LogP contribution in [0.1, 0.15) is 24.0 Å². The van der Waals surface area contributed by atoms with Crippen molar-refractivity contribution in [1.29, 1.82) is 0 Å². The Kier molecular flexibility index (Phi) is 6.25. The lowest BCUT2D eigenvalue weighted by molar-refractivity contribution is -0.122. The van der Waals surface area contributed by atoms with Crippen LogP contribution in [-0.2, 0) is 11.2 Å². The topological polar surface area (TPSA) is 42.0 Å². The highest BCUT2D eigenvalue weighted by molar-refractivity contribution is 5.97. The summed E-state index contributed by atoms with van der Waals surface area (Å²) >= 11 is 0. The standard InChI is InChI=1S/C23H30N2O3/c1-16-19(17-9-11-18(27-4)12-10-17)15-20-21(7-6-8-22(20)28-5)25(23(16)26)14-13-24(2)3/h6-12,16,19H,13-15H2,1-5H3/t16-,19-/m0/s1. The highest BCUT2D eigenvalue weighted by Crippen LogP contribution is 2.41. The van der Waals surface area contributed by atoms with Gasteiger partial charge in [-0.25, -0.2) is 0 Å². The number of carbonyl (C=O) groups excluding carboxylic acids is 1. The van der Waals surface area contributed by atoms with Crippen LogP contribution in [0.25, 0.3) is 0 Å². The highest BCUT2D eigenvalue weighted by atomic mass is 16.5. The quantitative estimate of drug-likeness (QED) is 0.766. The molecule has 0 saturated carbocycles. The Balaban J connectivity index is 2.05. The van der Waals surface area contributed by atoms with Gasteiger partial charge < -0.3 is 19.3 Å². The van der Waals surface area contributed by atoms with E-state index in [1.165, 1.54) is 0 Å². The van der Waals surface area contributed by atoms with Gasteiger partial charge in [0.25, 0.3) is 0 Å². The molecule has 2 atom stereocenters. The van der Waals surface area contributed by atoms with Gasteiger partial charge in [-0.15, -0.1) is 0 Å². The summed E-state index contributed by atoms with van der Waals surface area (Å²) in [5, 5.41) is 0. The first-order valence-electron chi connectivity index (χ1n) is 9.72. The molecule has 5 nitrogen and oxygen atoms in total. The average molecular weight is 383 g/mol. The van der Waals surface area contributed by atoms with Crippen molar-refractivity contribution in [1.82, 2.24) is 4.90 Å². The van der Waals surface area contributed by atoms with E-state index >= 15 is 0 Å². The van der Waals surface area contributed by atoms with Crippen molar-refractivity contribution in [3.05, 3.63) is 53.6 Å². The average Bonchev–Trinajstić information content (AvgIpc) is 2.81. The summed E-state index contributed by atoms with van der Waals surface area (Å²) in [4.78, 5) is 17.5. The van der Waals surface area contributed by atoms with Crippen molar-refractivity contribution in [3.63, 3.8) is 0 Å². The minimum absolute atomic E-state index is 0.0813. The lowest BCUT2D eigenvalue weighted by Gasteiger charge is -2.27. The molecule has 150 valence electrons. The van der Waals surface area contributed by atoms with Gasteiger partial charge in [0.2, 0.25) is 5.91 Å². The summed E-state index contributed by atoms with van der Waals surface area (Å²) in [7, 11) is 7.41. The van der Waals surface area contributed by atoms with Crippen LogP contribution in [-0.4, -0.2) is 52.2 Å². The van der Waals surface area contributed by atoms with E-state index in [2.05, 4.69) is 17.0 Å². The van der Waals surface area contributed by atoms with Crippen LogP contribution in [0.2, 0.25) is 0 Å². The van der Waals surface area contributed by atoms with Gasteiger partial charge in [-0.05, 0) is 56.3 Å². The molecule has 1 aliphatic heterocycles. The molecule has 2 aromatic carbocycles. The molecular weight excluding hydrogens is 352 g/mol. The number of rotatable bonds is 6. The monoisotopic (exact) mass is 382 g/mol. The van der Waals surface area contributed by atoms with E-state index in [-0.39, 0.29) is 17.7 Å². The summed E-state index contributed by atoms with van der Waals surface area (Å²) < 4.78 is 11.0. The zero-order valence-corrected chi connectivity index (χ0v) is 17.4. The summed E-state index contributed by atoms with van der Waals surface area (Å²) in [6.07, 6.45) is 0.761. The molecule has 0 N–H and O–H groups in total. The van der Waals surface area contributed by atoms with Crippen molar-refractivity contribution in [3.8, 4) is 11.5 Å². The molecule has 2 aromatic rings. The number of fused-ring (bicyclic) bond motifs is 1. The molecule has 0 aromatic heterocycles. The number of carbonyl (C=O) groups is 1. The smallest absolute Gasteiger partial charge is 0.230 e. The summed E-state index contributed by atoms with van der Waals surface area (Å²) in [6, 6.07) is 14.0. The predicted octanol–water partition coefficient (Wildman–Crippen LogP) is 3.57. The Morgan fingerprint density at radius 3 is 2.39 bits per heavy atom. The number of hydrogen-bond donors (Lipinski definition) is 0. The first-order valence-corrected chi connectivity index (χ1v) is 9.72. The Morgan fingerprint density at radius 1 is 1.07 bits per heavy atom. The lowest BCUT2D eigenvalue weighted by Crippen LogP contribution is -2.40. The number of hydrogen-bond acceptors (Lipinski definition) is 4. The molecule has 28 heavy (non-hydrogen) atoms. The molecule has 0 bridgehead atoms. The first kappa shape index (κ1) is 20.2. The number of benzene rings is 2. The van der Waals surface area contributed by atoms with Crippen LogP contribution in [0.15, 0.2) is 42.5 Å². The largest absolute Gasteiger partial charge is 0.497 e. The maximum Gasteiger partial charge on any atom is 0.230 e. The van der Waals surface area contributed by atoms with Gasteiger partial charge in [-0.2, -0.15) is 0 Å². The fourth-order valence-electron chi connectivity index (χ4n) is 3.92. The van der Waals surface area contributed by atoms with Crippen LogP contribution in [0.5, 0.6) is 11.5 Å². The highest BCUT2D eigenvalue weighted by Gasteiger charge is 2.36. The van der Waals surface area contributed by atoms with Gasteiger partial charge >= 0.3 is 0 Å². The van der Waals surface area contributed by atoms with Crippen molar-refractivity contribution < 1.29 is 14.3 Å². The molecule has 0 saturated heterocycles. The van der Waals surface area contributed by atoms with Crippen LogP contribution >= 0.6 is 0 Å². The second-order valence-electron chi connectivity index (χ2n) is 7.62. The van der Waals surface area contributed by atoms with Gasteiger partial charge in [0.1, 0.15) is 11.5 Å². The fourth-order valence-corrected chi connectivity index (χ4v) is 3.92. The fraction of sp³-hybridized carbons (Fsp3) is 0.435. The van der Waals surface area contributed by atoms with Crippen LogP contribution in [0.3, 0.4) is 0 Å². The third kappa shape index (κ3) is 3.99. The Bertz CT molecular complexity index is 817. The van der Waals surface area contributed by atoms with E-state index in [4.69, 9.17) is 9.47 Å². The molecular formula is C23H30N2O3. The van der Waals surface area contributed by atoms with E-state index in [1.54, 1.807) is 14.2 Å². The number of likely N-dealkylation sites (N-methyl/N-ethyl adjacent to an activating group) is 1. The van der Waals surface area contributed by atoms with Gasteiger partial charge in [0.15, 0.2) is 0 Å². The Morgan fingerprint density at radius 2 is 1.79 bits per heavy atom. The summed E-state index contributed by atoms with van der Waals surface area (Å²) in [5.41, 5.74) is 3.21. The third-order valence-electron chi connectivity index (χ3n) is 5.62. The Hall–Kier alpha value is -2.53. The zero-order chi connectivity index (χ0) is 20.3. The molecule has 0 fully saturated rings. The molecule has 3 rings (SSSR count). The molecule has 5 heteroatoms. The maximum atomic E-state index is 13.5. The summed E-state index contributed by atoms with van der Waals surface area (Å²) in [6.45, 7) is 3.51. The number of amides is 1. The van der Waals surface area contributed by atoms with Gasteiger partial charge in [-0.3, -0.25) is 4.79 Å². The molecule has 1 aliphatic rings. The normalized spacial score (nSPS) is 19.4. The molecule has 1 heterocycles. The van der Waals surface area contributed by atoms with E-state index in [1.807, 2.05) is 56.3 Å². The van der Waals surface area contributed by atoms with Crippen molar-refractivity contribution in [2.24, 2.45) is 5.92 Å². The number of ether oxygens (including phenoxy) is 2. The lowest BCUT2D eigenvalue weighted by atomic mass is 9.82. The van der Waals surface area contributed by atoms with E-state index in [9.17, 15) is 4.79 Å². The van der Waals surface area contributed by atoms with Crippen molar-refractivity contribution >= 4 is 11.6 Å². The third-order valence-corrected chi connectivity index (χ3v) is 5.62. The molecule has 0 radical (unpaired) electrons. The van der Waals surface area contributed by atoms with E-state index < -0.39 is 0 Å². The van der Waals surface area contributed by atoms with Crippen molar-refractivity contribution in [2.45, 2.75) is 19.3 Å². The first-order chi connectivity index (χ1) is 13.5. The molecule has 0 aliphatic carbocycles. The number of anilines is 1. The Labute approximate surface area is 167 Å². The van der Waals surface area contributed by atoms with E-state index in [0.29, 0.717) is 6.54 Å². The second-order valence-corrected chi connectivity index (χ2v) is 7.62. The van der Waals surface area contributed by atoms with Gasteiger partial charge in [0, 0.05) is 24.6 Å². The SMILES string of the molecule is COc1ccc([C@H]2Cc3c(OC)cccc3N(CCN(C)C)C(=O)[C@H]2C)cc1. The number of nitrogens with zero attached hydrogens (tertiary/aromatic N) is 2. The van der Waals surface area contributed by atoms with Crippen LogP contribution in [0.4, 0.5) is 5.69 Å². The molecule has 0 spiro atoms. The summed E-state index contributed by atoms with van der Waals surface area (Å²) in [5.74, 6) is 1.77. The second kappa shape index (κ2) is 8.65. The van der Waals surface area contributed by atoms with Crippen molar-refractivity contribution in [2.75, 3.05) is 46.3 Å². The zero-order valence-electron chi connectivity index (χ0n) is 17.4. The van der Waals surface area contributed by atoms with Crippen LogP contribution < -0.4 is 14.4 Å². The van der Waals surface area contributed by atoms with Gasteiger partial charge in [-0.1, -0.05) is 25.1 Å². The minimum atomic E-state index is -0.132. The predicted molar refractivity (Wildman–Crippen MR) is 113 cm³/mol. The maximum absolute atomic E-state index is 13.5. The number of methoxy groups -OCH3 is 2. The minimum Gasteiger partial charge on any atom is -0.497 e. The van der Waals surface area contributed by atoms with Crippen LogP contribution in [0, 0.1) is 5.92 Å². The molecule has 1 amide bonds.